The first kappa shape index (κ1) is 67.2. The predicted octanol–water partition coefficient (Wildman–Crippen LogP) is 10.7. The first-order chi connectivity index (χ1) is 46.3. The zero-order valence-corrected chi connectivity index (χ0v) is 52.9. The first-order valence-corrected chi connectivity index (χ1v) is 31.2. The third kappa shape index (κ3) is 17.1. The van der Waals surface area contributed by atoms with E-state index in [9.17, 15) is 28.8 Å². The number of carbonyl (C=O) groups excluding carboxylic acids is 8. The molecule has 2 amide bonds. The maximum atomic E-state index is 15.6. The van der Waals surface area contributed by atoms with Crippen LogP contribution in [0.5, 0.6) is 23.0 Å². The van der Waals surface area contributed by atoms with Gasteiger partial charge in [-0.3, -0.25) is 30.0 Å². The average molecular weight is 1290 g/mol. The van der Waals surface area contributed by atoms with Crippen LogP contribution in [0.4, 0.5) is 5.69 Å². The number of anilines is 1. The number of amidine groups is 1. The van der Waals surface area contributed by atoms with E-state index in [2.05, 4.69) is 5.32 Å². The lowest BCUT2D eigenvalue weighted by Crippen LogP contribution is -2.46. The van der Waals surface area contributed by atoms with Gasteiger partial charge in [-0.1, -0.05) is 121 Å². The lowest BCUT2D eigenvalue weighted by molar-refractivity contribution is -0.152. The summed E-state index contributed by atoms with van der Waals surface area (Å²) in [6, 6.07) is 48.1. The second-order valence-corrected chi connectivity index (χ2v) is 23.4. The number of benzene rings is 8. The highest BCUT2D eigenvalue weighted by Crippen LogP contribution is 2.38. The number of guanidine groups is 1. The number of amides is 2. The zero-order chi connectivity index (χ0) is 67.8. The molecule has 96 heavy (non-hydrogen) atoms. The summed E-state index contributed by atoms with van der Waals surface area (Å²) in [5.74, 6) is -6.11. The Morgan fingerprint density at radius 3 is 1.40 bits per heavy atom. The maximum absolute atomic E-state index is 15.6. The number of rotatable bonds is 22. The number of nitrogens with zero attached hydrogens (tertiary/aromatic N) is 2. The number of Topliss-reactive ketones (excluding diaryl/α,β-unsaturated/α-hetero) is 2. The van der Waals surface area contributed by atoms with Gasteiger partial charge in [-0.2, -0.15) is 0 Å². The number of carbonyl (C=O) groups is 8. The number of ketones is 2. The smallest absolute Gasteiger partial charge is 0.343 e. The Labute approximate surface area is 554 Å². The van der Waals surface area contributed by atoms with E-state index < -0.39 is 72.2 Å². The molecular weight excluding hydrogens is 1220 g/mol. The molecule has 10 rings (SSSR count). The first-order valence-electron chi connectivity index (χ1n) is 31.2. The van der Waals surface area contributed by atoms with E-state index >= 15 is 9.59 Å². The van der Waals surface area contributed by atoms with Gasteiger partial charge < -0.3 is 55.0 Å². The van der Waals surface area contributed by atoms with Crippen LogP contribution in [0.2, 0.25) is 0 Å². The molecule has 0 bridgehead atoms. The van der Waals surface area contributed by atoms with E-state index in [1.54, 1.807) is 115 Å². The highest BCUT2D eigenvalue weighted by atomic mass is 16.6. The maximum Gasteiger partial charge on any atom is 0.343 e. The minimum absolute atomic E-state index is 0.0346. The fourth-order valence-corrected chi connectivity index (χ4v) is 11.5. The van der Waals surface area contributed by atoms with Gasteiger partial charge in [0.05, 0.1) is 41.3 Å². The molecule has 0 saturated carbocycles. The quantitative estimate of drug-likeness (QED) is 0.0182. The number of esters is 4. The van der Waals surface area contributed by atoms with Gasteiger partial charge in [0.1, 0.15) is 36.9 Å². The Hall–Kier alpha value is -11.7. The van der Waals surface area contributed by atoms with Crippen LogP contribution in [0.25, 0.3) is 11.1 Å². The summed E-state index contributed by atoms with van der Waals surface area (Å²) >= 11 is 0. The fourth-order valence-electron chi connectivity index (χ4n) is 11.5. The zero-order valence-electron chi connectivity index (χ0n) is 52.9. The van der Waals surface area contributed by atoms with Gasteiger partial charge in [-0.15, -0.1) is 0 Å². The minimum Gasteiger partial charge on any atom is -0.489 e. The molecule has 8 aromatic rings. The molecule has 2 aliphatic heterocycles. The molecule has 2 heterocycles. The van der Waals surface area contributed by atoms with E-state index in [4.69, 9.17) is 50.7 Å². The van der Waals surface area contributed by atoms with E-state index in [0.29, 0.717) is 75.9 Å². The number of hydrogen-bond acceptors (Lipinski definition) is 16. The largest absolute Gasteiger partial charge is 0.489 e. The minimum atomic E-state index is -1.49. The molecule has 8 aromatic carbocycles. The van der Waals surface area contributed by atoms with Crippen LogP contribution >= 0.6 is 0 Å². The number of para-hydroxylation sites is 2. The van der Waals surface area contributed by atoms with Crippen molar-refractivity contribution in [1.82, 2.24) is 9.80 Å². The number of aryl methyl sites for hydroxylation is 2. The van der Waals surface area contributed by atoms with Gasteiger partial charge in [0, 0.05) is 38.0 Å². The lowest BCUT2D eigenvalue weighted by Gasteiger charge is -2.31. The monoisotopic (exact) mass is 1290 g/mol. The molecule has 0 aliphatic carbocycles. The Morgan fingerprint density at radius 1 is 0.510 bits per heavy atom. The molecule has 21 nitrogen and oxygen atoms in total. The number of hydrogen-bond donors (Lipinski definition) is 5. The topological polar surface area (TPSA) is 310 Å². The van der Waals surface area contributed by atoms with Gasteiger partial charge in [0.2, 0.25) is 0 Å². The van der Waals surface area contributed by atoms with Crippen LogP contribution in [0.15, 0.2) is 182 Å². The summed E-state index contributed by atoms with van der Waals surface area (Å²) in [7, 11) is 0. The molecule has 490 valence electrons. The molecule has 0 unspecified atom stereocenters. The van der Waals surface area contributed by atoms with Gasteiger partial charge in [0.25, 0.3) is 11.8 Å². The van der Waals surface area contributed by atoms with E-state index in [1.165, 1.54) is 60.0 Å². The van der Waals surface area contributed by atoms with Crippen molar-refractivity contribution in [3.8, 4) is 34.1 Å². The van der Waals surface area contributed by atoms with Gasteiger partial charge in [-0.05, 0) is 150 Å². The number of nitrogens with one attached hydrogen (secondary N) is 3. The summed E-state index contributed by atoms with van der Waals surface area (Å²) in [5, 5.41) is 18.2. The van der Waals surface area contributed by atoms with E-state index in [0.717, 1.165) is 5.56 Å². The van der Waals surface area contributed by atoms with Crippen LogP contribution in [-0.2, 0) is 74.2 Å². The van der Waals surface area contributed by atoms with Crippen molar-refractivity contribution in [2.24, 2.45) is 11.5 Å². The summed E-state index contributed by atoms with van der Waals surface area (Å²) in [6.45, 7) is 1.87. The van der Waals surface area contributed by atoms with Gasteiger partial charge in [-0.25, -0.2) is 19.2 Å². The van der Waals surface area contributed by atoms with Crippen molar-refractivity contribution in [2.75, 3.05) is 18.5 Å². The van der Waals surface area contributed by atoms with Crippen molar-refractivity contribution >= 4 is 64.7 Å². The SMILES string of the molecule is CC(=O)C[C@@H](C(=O)OCc1ccccc1)N(Cc1cccc(-c2cccc(CN(C(=O)c3cccc4c3OCCCc3cc(NC(=N)N)ccc3C(=O)O4)[C@@H](CC(C)=O)C(=O)OCc3ccccc3)c2)c1)C(=O)c1cccc2c1OCCCc1cc(CC(=N)N)ccc1C(=O)O2. The third-order valence-corrected chi connectivity index (χ3v) is 16.0. The van der Waals surface area contributed by atoms with Gasteiger partial charge >= 0.3 is 23.9 Å². The molecular formula is C75H71N7O14. The summed E-state index contributed by atoms with van der Waals surface area (Å²) in [6.07, 6.45) is 0.827. The van der Waals surface area contributed by atoms with Crippen molar-refractivity contribution in [1.29, 1.82) is 10.8 Å². The van der Waals surface area contributed by atoms with Crippen LogP contribution < -0.4 is 35.7 Å². The highest BCUT2D eigenvalue weighted by molar-refractivity contribution is 6.03. The van der Waals surface area contributed by atoms with Crippen LogP contribution in [0.3, 0.4) is 0 Å². The Balaban J connectivity index is 0.994. The summed E-state index contributed by atoms with van der Waals surface area (Å²) in [4.78, 5) is 117. The molecule has 2 atom stereocenters. The second kappa shape index (κ2) is 31.3. The lowest BCUT2D eigenvalue weighted by atomic mass is 9.98. The Kier molecular flexibility index (Phi) is 21.9. The van der Waals surface area contributed by atoms with Crippen molar-refractivity contribution in [3.63, 3.8) is 0 Å². The molecule has 0 saturated heterocycles. The number of fused-ring (bicyclic) bond motifs is 4. The Bertz CT molecular complexity index is 4020. The average Bonchev–Trinajstić information content (AvgIpc) is 0.800. The van der Waals surface area contributed by atoms with Crippen LogP contribution in [-0.4, -0.2) is 94.2 Å². The fraction of sp³-hybridized carbons (Fsp3) is 0.227. The van der Waals surface area contributed by atoms with Crippen molar-refractivity contribution < 1.29 is 66.8 Å². The van der Waals surface area contributed by atoms with E-state index in [1.807, 2.05) is 30.3 Å². The van der Waals surface area contributed by atoms with Gasteiger partial charge in [0.15, 0.2) is 29.0 Å². The number of ether oxygens (including phenoxy) is 6. The van der Waals surface area contributed by atoms with Crippen LogP contribution in [0, 0.1) is 10.8 Å². The Morgan fingerprint density at radius 2 is 0.948 bits per heavy atom. The standard InChI is InChI=1S/C75H71N7O14/c1-46(83)35-62(73(89)93-44-48-15-5-3-6-16-48)81(69(85)60-25-11-27-64-67(60)91-33-13-23-55-37-50(40-66(76)77)29-31-58(55)71(87)95-64)42-51-19-9-21-53(38-51)54-22-10-20-52(39-54)43-82(63(36-47(2)84)74(90)94-45-49-17-7-4-8-18-49)70(86)61-26-12-28-65-68(61)92-34-14-24-56-41-57(80-75(78)79)30-32-59(56)72(88)96-65/h3-12,15-22,25-32,37-39,41,62-63H,13-14,23-24,33-36,40,42-45H2,1-2H3,(H3,76,77)(H4,78,79,80)/t62-,63-/m0/s1. The molecule has 2 aliphatic rings. The molecule has 0 fully saturated rings. The summed E-state index contributed by atoms with van der Waals surface area (Å²) in [5.41, 5.74) is 17.7. The van der Waals surface area contributed by atoms with Crippen molar-refractivity contribution in [2.45, 2.75) is 97.2 Å². The molecule has 0 aromatic heterocycles. The second-order valence-electron chi connectivity index (χ2n) is 23.4. The van der Waals surface area contributed by atoms with Crippen LogP contribution in [0.1, 0.15) is 120 Å². The molecule has 0 radical (unpaired) electrons. The molecule has 0 spiro atoms. The van der Waals surface area contributed by atoms with E-state index in [-0.39, 0.29) is 103 Å². The predicted molar refractivity (Wildman–Crippen MR) is 357 cm³/mol. The number of nitrogens with two attached hydrogens (primary N) is 2. The van der Waals surface area contributed by atoms with Crippen molar-refractivity contribution in [3.05, 3.63) is 243 Å². The molecule has 21 heteroatoms. The normalized spacial score (nSPS) is 13.2. The highest BCUT2D eigenvalue weighted by Gasteiger charge is 2.38. The third-order valence-electron chi connectivity index (χ3n) is 16.0. The molecule has 7 N–H and O–H groups in total. The summed E-state index contributed by atoms with van der Waals surface area (Å²) < 4.78 is 36.4.